The highest BCUT2D eigenvalue weighted by atomic mass is 32.1. The van der Waals surface area contributed by atoms with Gasteiger partial charge in [0.2, 0.25) is 0 Å². The van der Waals surface area contributed by atoms with Crippen LogP contribution in [0.3, 0.4) is 0 Å². The number of ether oxygens (including phenoxy) is 2. The molecule has 0 bridgehead atoms. The Bertz CT molecular complexity index is 413. The number of carbonyl (C=O) groups excluding carboxylic acids is 1. The summed E-state index contributed by atoms with van der Waals surface area (Å²) in [4.78, 5) is 13.8. The van der Waals surface area contributed by atoms with E-state index in [1.54, 1.807) is 16.2 Å². The molecule has 1 aromatic rings. The molecule has 0 saturated carbocycles. The first-order valence-electron chi connectivity index (χ1n) is 6.04. The summed E-state index contributed by atoms with van der Waals surface area (Å²) < 4.78 is 11.3. The fourth-order valence-electron chi connectivity index (χ4n) is 2.32. The van der Waals surface area contributed by atoms with Gasteiger partial charge in [-0.3, -0.25) is 4.79 Å². The number of nitrogens with zero attached hydrogens (tertiary/aromatic N) is 1. The van der Waals surface area contributed by atoms with E-state index >= 15 is 0 Å². The highest BCUT2D eigenvalue weighted by Crippen LogP contribution is 2.26. The van der Waals surface area contributed by atoms with Crippen molar-refractivity contribution in [2.24, 2.45) is 0 Å². The van der Waals surface area contributed by atoms with Gasteiger partial charge in [0.1, 0.15) is 12.2 Å². The third-order valence-corrected chi connectivity index (χ3v) is 3.97. The Kier molecular flexibility index (Phi) is 3.34. The summed E-state index contributed by atoms with van der Waals surface area (Å²) in [6.45, 7) is 3.46. The van der Waals surface area contributed by atoms with Crippen LogP contribution in [0.2, 0.25) is 0 Å². The Balaban J connectivity index is 1.80. The second kappa shape index (κ2) is 4.97. The van der Waals surface area contributed by atoms with E-state index in [1.807, 2.05) is 16.8 Å². The fraction of sp³-hybridized carbons (Fsp3) is 0.583. The smallest absolute Gasteiger partial charge is 0.253 e. The lowest BCUT2D eigenvalue weighted by Crippen LogP contribution is -2.60. The molecule has 2 aliphatic rings. The second-order valence-electron chi connectivity index (χ2n) is 4.66. The summed E-state index contributed by atoms with van der Waals surface area (Å²) in [6, 6.07) is 1.96. The van der Waals surface area contributed by atoms with Crippen LogP contribution in [0.15, 0.2) is 16.8 Å². The van der Waals surface area contributed by atoms with Crippen LogP contribution in [-0.4, -0.2) is 51.0 Å². The molecule has 0 unspecified atom stereocenters. The molecule has 1 amide bonds. The number of hydrogen-bond donors (Lipinski definition) is 1. The predicted molar refractivity (Wildman–Crippen MR) is 69.0 cm³/mol. The Morgan fingerprint density at radius 1 is 1.50 bits per heavy atom. The summed E-state index contributed by atoms with van der Waals surface area (Å²) in [7, 11) is 0. The van der Waals surface area contributed by atoms with Crippen molar-refractivity contribution in [3.05, 3.63) is 16.8 Å². The van der Waals surface area contributed by atoms with Gasteiger partial charge in [-0.1, -0.05) is 0 Å². The number of carbonyl (C=O) groups is 1. The summed E-state index contributed by atoms with van der Waals surface area (Å²) in [5, 5.41) is 7.27. The molecule has 18 heavy (non-hydrogen) atoms. The molecule has 3 heterocycles. The quantitative estimate of drug-likeness (QED) is 0.804. The number of hydrogen-bond acceptors (Lipinski definition) is 5. The first kappa shape index (κ1) is 12.1. The molecule has 0 aromatic carbocycles. The third-order valence-electron chi connectivity index (χ3n) is 3.30. The van der Waals surface area contributed by atoms with E-state index in [0.717, 1.165) is 18.8 Å². The highest BCUT2D eigenvalue weighted by Gasteiger charge is 2.41. The first-order chi connectivity index (χ1) is 8.79. The van der Waals surface area contributed by atoms with E-state index in [2.05, 4.69) is 5.32 Å². The molecule has 1 atom stereocenters. The molecule has 0 radical (unpaired) electrons. The summed E-state index contributed by atoms with van der Waals surface area (Å²) in [5.41, 5.74) is 0.545. The van der Waals surface area contributed by atoms with E-state index in [-0.39, 0.29) is 12.5 Å². The average molecular weight is 268 g/mol. The zero-order valence-corrected chi connectivity index (χ0v) is 10.9. The summed E-state index contributed by atoms with van der Waals surface area (Å²) in [6.07, 6.45) is 0. The predicted octanol–water partition coefficient (Wildman–Crippen LogP) is 0.470. The minimum Gasteiger partial charge on any atom is -0.377 e. The van der Waals surface area contributed by atoms with Crippen LogP contribution in [0.5, 0.6) is 0 Å². The lowest BCUT2D eigenvalue weighted by atomic mass is 10.0. The Hall–Kier alpha value is -0.950. The molecule has 2 aliphatic heterocycles. The Labute approximate surface area is 110 Å². The number of rotatable bonds is 1. The molecule has 1 spiro atoms. The zero-order valence-electron chi connectivity index (χ0n) is 10.1. The van der Waals surface area contributed by atoms with E-state index < -0.39 is 5.60 Å². The monoisotopic (exact) mass is 268 g/mol. The van der Waals surface area contributed by atoms with Crippen molar-refractivity contribution in [3.63, 3.8) is 0 Å². The van der Waals surface area contributed by atoms with Gasteiger partial charge >= 0.3 is 0 Å². The van der Waals surface area contributed by atoms with Crippen LogP contribution < -0.4 is 10.2 Å². The van der Waals surface area contributed by atoms with Gasteiger partial charge in [-0.05, 0) is 11.4 Å². The van der Waals surface area contributed by atoms with Crippen molar-refractivity contribution in [3.8, 4) is 0 Å². The number of nitrogens with one attached hydrogen (secondary N) is 1. The van der Waals surface area contributed by atoms with E-state index in [1.165, 1.54) is 0 Å². The van der Waals surface area contributed by atoms with Crippen molar-refractivity contribution < 1.29 is 14.3 Å². The molecular formula is C12H16N2O3S. The molecule has 0 aliphatic carbocycles. The molecule has 98 valence electrons. The van der Waals surface area contributed by atoms with Gasteiger partial charge in [0.15, 0.2) is 0 Å². The summed E-state index contributed by atoms with van der Waals surface area (Å²) in [5.74, 6) is 0.0169. The van der Waals surface area contributed by atoms with Gasteiger partial charge in [-0.2, -0.15) is 11.3 Å². The number of thiophene rings is 1. The topological polar surface area (TPSA) is 50.8 Å². The molecule has 1 aromatic heterocycles. The van der Waals surface area contributed by atoms with Crippen LogP contribution in [0.1, 0.15) is 0 Å². The Morgan fingerprint density at radius 3 is 3.28 bits per heavy atom. The van der Waals surface area contributed by atoms with Crippen LogP contribution in [-0.2, 0) is 14.3 Å². The molecule has 3 rings (SSSR count). The van der Waals surface area contributed by atoms with E-state index in [9.17, 15) is 4.79 Å². The van der Waals surface area contributed by atoms with Crippen molar-refractivity contribution in [1.82, 2.24) is 5.32 Å². The molecule has 2 saturated heterocycles. The van der Waals surface area contributed by atoms with E-state index in [0.29, 0.717) is 19.8 Å². The van der Waals surface area contributed by atoms with Crippen LogP contribution in [0.4, 0.5) is 5.69 Å². The maximum atomic E-state index is 11.9. The first-order valence-corrected chi connectivity index (χ1v) is 6.98. The summed E-state index contributed by atoms with van der Waals surface area (Å²) >= 11 is 1.59. The van der Waals surface area contributed by atoms with Crippen molar-refractivity contribution >= 4 is 22.9 Å². The van der Waals surface area contributed by atoms with Crippen LogP contribution >= 0.6 is 11.3 Å². The fourth-order valence-corrected chi connectivity index (χ4v) is 2.97. The maximum absolute atomic E-state index is 11.9. The number of morpholine rings is 1. The van der Waals surface area contributed by atoms with E-state index in [4.69, 9.17) is 9.47 Å². The van der Waals surface area contributed by atoms with Gasteiger partial charge in [0.05, 0.1) is 25.4 Å². The van der Waals surface area contributed by atoms with Gasteiger partial charge in [-0.25, -0.2) is 0 Å². The van der Waals surface area contributed by atoms with Gasteiger partial charge in [0, 0.05) is 18.5 Å². The second-order valence-corrected chi connectivity index (χ2v) is 5.44. The van der Waals surface area contributed by atoms with Crippen LogP contribution in [0, 0.1) is 0 Å². The minimum atomic E-state index is -0.410. The highest BCUT2D eigenvalue weighted by molar-refractivity contribution is 7.08. The van der Waals surface area contributed by atoms with Crippen molar-refractivity contribution in [2.75, 3.05) is 44.4 Å². The van der Waals surface area contributed by atoms with Gasteiger partial charge in [0.25, 0.3) is 5.91 Å². The Morgan fingerprint density at radius 2 is 2.44 bits per heavy atom. The minimum absolute atomic E-state index is 0.0169. The maximum Gasteiger partial charge on any atom is 0.253 e. The largest absolute Gasteiger partial charge is 0.377 e. The number of amides is 1. The lowest BCUT2D eigenvalue weighted by molar-refractivity contribution is -0.144. The third kappa shape index (κ3) is 2.29. The van der Waals surface area contributed by atoms with Crippen molar-refractivity contribution in [1.29, 1.82) is 0 Å². The SMILES string of the molecule is O=C1CO[C@@]2(CNCCOC2)CN1c1ccsc1. The zero-order chi connectivity index (χ0) is 12.4. The molecule has 5 nitrogen and oxygen atoms in total. The standard InChI is InChI=1S/C12H16N2O3S/c15-11-5-17-12(7-13-2-3-16-9-12)8-14(11)10-1-4-18-6-10/h1,4,6,13H,2-3,5,7-9H2/t12-/m0/s1. The molecule has 6 heteroatoms. The van der Waals surface area contributed by atoms with Crippen LogP contribution in [0.25, 0.3) is 0 Å². The normalized spacial score (nSPS) is 29.6. The molecular weight excluding hydrogens is 252 g/mol. The number of anilines is 1. The average Bonchev–Trinajstić information content (AvgIpc) is 2.81. The molecule has 1 N–H and O–H groups in total. The van der Waals surface area contributed by atoms with Gasteiger partial charge in [-0.15, -0.1) is 0 Å². The van der Waals surface area contributed by atoms with Crippen molar-refractivity contribution in [2.45, 2.75) is 5.60 Å². The lowest BCUT2D eigenvalue weighted by Gasteiger charge is -2.41. The van der Waals surface area contributed by atoms with Gasteiger partial charge < -0.3 is 19.7 Å². The molecule has 2 fully saturated rings.